The first-order valence-corrected chi connectivity index (χ1v) is 5.92. The molecule has 0 aliphatic carbocycles. The Morgan fingerprint density at radius 1 is 1.37 bits per heavy atom. The third-order valence-electron chi connectivity index (χ3n) is 2.49. The number of carboxylic acids is 1. The van der Waals surface area contributed by atoms with Gasteiger partial charge in [0.05, 0.1) is 12.8 Å². The van der Waals surface area contributed by atoms with Gasteiger partial charge in [-0.15, -0.1) is 0 Å². The van der Waals surface area contributed by atoms with E-state index in [-0.39, 0.29) is 18.4 Å². The van der Waals surface area contributed by atoms with Crippen molar-refractivity contribution in [2.24, 2.45) is 5.92 Å². The summed E-state index contributed by atoms with van der Waals surface area (Å²) in [6.07, 6.45) is 0.0228. The number of hydrogen-bond donors (Lipinski definition) is 3. The number of anilines is 1. The Bertz CT molecular complexity index is 448. The fourth-order valence-electron chi connectivity index (χ4n) is 1.55. The molecule has 1 unspecified atom stereocenters. The molecule has 0 spiro atoms. The zero-order chi connectivity index (χ0) is 14.3. The molecule has 0 saturated heterocycles. The molecule has 3 N–H and O–H groups in total. The number of hydrogen-bond acceptors (Lipinski definition) is 3. The van der Waals surface area contributed by atoms with Gasteiger partial charge in [0.2, 0.25) is 0 Å². The molecule has 1 rings (SSSR count). The monoisotopic (exact) mass is 266 g/mol. The van der Waals surface area contributed by atoms with Crippen LogP contribution in [-0.2, 0) is 4.79 Å². The van der Waals surface area contributed by atoms with Crippen LogP contribution in [0.3, 0.4) is 0 Å². The number of benzene rings is 1. The van der Waals surface area contributed by atoms with Gasteiger partial charge in [0, 0.05) is 13.0 Å². The van der Waals surface area contributed by atoms with Crippen LogP contribution in [0.5, 0.6) is 5.75 Å². The molecule has 0 fully saturated rings. The molecule has 0 saturated carbocycles. The lowest BCUT2D eigenvalue weighted by Crippen LogP contribution is -2.33. The highest BCUT2D eigenvalue weighted by atomic mass is 16.5. The Morgan fingerprint density at radius 3 is 2.68 bits per heavy atom. The summed E-state index contributed by atoms with van der Waals surface area (Å²) in [7, 11) is 1.52. The van der Waals surface area contributed by atoms with E-state index in [1.165, 1.54) is 7.11 Å². The summed E-state index contributed by atoms with van der Waals surface area (Å²) in [5, 5.41) is 13.9. The third kappa shape index (κ3) is 5.29. The third-order valence-corrected chi connectivity index (χ3v) is 2.49. The number of rotatable bonds is 6. The zero-order valence-corrected chi connectivity index (χ0v) is 11.0. The molecule has 0 heterocycles. The molecule has 1 atom stereocenters. The van der Waals surface area contributed by atoms with Crippen molar-refractivity contribution in [1.29, 1.82) is 0 Å². The van der Waals surface area contributed by atoms with Crippen LogP contribution < -0.4 is 15.4 Å². The number of carbonyl (C=O) groups is 2. The Hall–Kier alpha value is -2.24. The minimum atomic E-state index is -0.876. The second-order valence-corrected chi connectivity index (χ2v) is 4.24. The largest absolute Gasteiger partial charge is 0.495 e. The molecule has 0 aliphatic rings. The van der Waals surface area contributed by atoms with E-state index >= 15 is 0 Å². The molecular formula is C13H18N2O4. The van der Waals surface area contributed by atoms with Crippen molar-refractivity contribution in [2.45, 2.75) is 13.3 Å². The predicted octanol–water partition coefficient (Wildman–Crippen LogP) is 1.93. The molecular weight excluding hydrogens is 248 g/mol. The van der Waals surface area contributed by atoms with Crippen molar-refractivity contribution < 1.29 is 19.4 Å². The smallest absolute Gasteiger partial charge is 0.319 e. The topological polar surface area (TPSA) is 87.7 Å². The number of carboxylic acid groups (broad SMARTS) is 1. The Morgan fingerprint density at radius 2 is 2.05 bits per heavy atom. The minimum absolute atomic E-state index is 0.0228. The van der Waals surface area contributed by atoms with Crippen LogP contribution in [0.25, 0.3) is 0 Å². The van der Waals surface area contributed by atoms with E-state index in [2.05, 4.69) is 10.6 Å². The van der Waals surface area contributed by atoms with E-state index in [0.29, 0.717) is 18.0 Å². The number of carbonyl (C=O) groups excluding carboxylic acids is 1. The molecule has 0 aromatic heterocycles. The Balaban J connectivity index is 2.45. The molecule has 1 aromatic rings. The second-order valence-electron chi connectivity index (χ2n) is 4.24. The van der Waals surface area contributed by atoms with Crippen molar-refractivity contribution >= 4 is 17.7 Å². The summed E-state index contributed by atoms with van der Waals surface area (Å²) >= 11 is 0. The van der Waals surface area contributed by atoms with Crippen LogP contribution in [0.15, 0.2) is 24.3 Å². The molecule has 0 bridgehead atoms. The number of para-hydroxylation sites is 2. The van der Waals surface area contributed by atoms with Gasteiger partial charge in [-0.2, -0.15) is 0 Å². The number of ether oxygens (including phenoxy) is 1. The molecule has 0 aliphatic heterocycles. The first kappa shape index (κ1) is 14.8. The fraction of sp³-hybridized carbons (Fsp3) is 0.385. The van der Waals surface area contributed by atoms with Crippen molar-refractivity contribution in [1.82, 2.24) is 5.32 Å². The lowest BCUT2D eigenvalue weighted by atomic mass is 10.1. The summed E-state index contributed by atoms with van der Waals surface area (Å²) in [6, 6.07) is 6.66. The average molecular weight is 266 g/mol. The van der Waals surface area contributed by atoms with Crippen molar-refractivity contribution in [2.75, 3.05) is 19.0 Å². The maximum absolute atomic E-state index is 11.6. The first-order valence-electron chi connectivity index (χ1n) is 5.92. The second kappa shape index (κ2) is 7.25. The maximum Gasteiger partial charge on any atom is 0.319 e. The van der Waals surface area contributed by atoms with E-state index in [4.69, 9.17) is 9.84 Å². The number of urea groups is 1. The number of nitrogens with one attached hydrogen (secondary N) is 2. The number of methoxy groups -OCH3 is 1. The highest BCUT2D eigenvalue weighted by Crippen LogP contribution is 2.22. The average Bonchev–Trinajstić information content (AvgIpc) is 2.36. The van der Waals surface area contributed by atoms with Crippen LogP contribution in [0.2, 0.25) is 0 Å². The van der Waals surface area contributed by atoms with E-state index < -0.39 is 5.97 Å². The Kier molecular flexibility index (Phi) is 5.66. The highest BCUT2D eigenvalue weighted by molar-refractivity contribution is 5.90. The molecule has 2 amide bonds. The molecule has 104 valence electrons. The van der Waals surface area contributed by atoms with Crippen LogP contribution in [0, 0.1) is 5.92 Å². The Labute approximate surface area is 111 Å². The lowest BCUT2D eigenvalue weighted by molar-refractivity contribution is -0.137. The zero-order valence-electron chi connectivity index (χ0n) is 11.0. The van der Waals surface area contributed by atoms with E-state index in [0.717, 1.165) is 0 Å². The number of aliphatic carboxylic acids is 1. The molecule has 6 nitrogen and oxygen atoms in total. The summed E-state index contributed by atoms with van der Waals surface area (Å²) in [6.45, 7) is 2.06. The van der Waals surface area contributed by atoms with E-state index in [9.17, 15) is 9.59 Å². The quantitative estimate of drug-likeness (QED) is 0.734. The van der Waals surface area contributed by atoms with E-state index in [1.54, 1.807) is 31.2 Å². The maximum atomic E-state index is 11.6. The SMILES string of the molecule is COc1ccccc1NC(=O)NCC(C)CC(=O)O. The number of amides is 2. The van der Waals surface area contributed by atoms with Gasteiger partial charge in [0.25, 0.3) is 0 Å². The summed E-state index contributed by atoms with van der Waals surface area (Å²) in [4.78, 5) is 22.1. The minimum Gasteiger partial charge on any atom is -0.495 e. The van der Waals surface area contributed by atoms with E-state index in [1.807, 2.05) is 0 Å². The van der Waals surface area contributed by atoms with Crippen LogP contribution in [0.1, 0.15) is 13.3 Å². The van der Waals surface area contributed by atoms with Crippen molar-refractivity contribution in [3.8, 4) is 5.75 Å². The molecule has 19 heavy (non-hydrogen) atoms. The standard InChI is InChI=1S/C13H18N2O4/c1-9(7-12(16)17)8-14-13(18)15-10-5-3-4-6-11(10)19-2/h3-6,9H,7-8H2,1-2H3,(H,16,17)(H2,14,15,18). The first-order chi connectivity index (χ1) is 9.02. The summed E-state index contributed by atoms with van der Waals surface area (Å²) < 4.78 is 5.10. The fourth-order valence-corrected chi connectivity index (χ4v) is 1.55. The van der Waals surface area contributed by atoms with Crippen LogP contribution in [0.4, 0.5) is 10.5 Å². The summed E-state index contributed by atoms with van der Waals surface area (Å²) in [5.41, 5.74) is 0.563. The van der Waals surface area contributed by atoms with Gasteiger partial charge >= 0.3 is 12.0 Å². The lowest BCUT2D eigenvalue weighted by Gasteiger charge is -2.13. The van der Waals surface area contributed by atoms with Gasteiger partial charge in [0.1, 0.15) is 5.75 Å². The molecule has 0 radical (unpaired) electrons. The van der Waals surface area contributed by atoms with Crippen LogP contribution in [-0.4, -0.2) is 30.8 Å². The van der Waals surface area contributed by atoms with Crippen molar-refractivity contribution in [3.63, 3.8) is 0 Å². The van der Waals surface area contributed by atoms with Gasteiger partial charge in [-0.25, -0.2) is 4.79 Å². The highest BCUT2D eigenvalue weighted by Gasteiger charge is 2.10. The molecule has 6 heteroatoms. The van der Waals surface area contributed by atoms with Gasteiger partial charge in [-0.3, -0.25) is 4.79 Å². The summed E-state index contributed by atoms with van der Waals surface area (Å²) in [5.74, 6) is -0.434. The van der Waals surface area contributed by atoms with Gasteiger partial charge in [0.15, 0.2) is 0 Å². The van der Waals surface area contributed by atoms with Gasteiger partial charge < -0.3 is 20.5 Å². The predicted molar refractivity (Wildman–Crippen MR) is 71.4 cm³/mol. The van der Waals surface area contributed by atoms with Gasteiger partial charge in [-0.05, 0) is 18.1 Å². The normalized spacial score (nSPS) is 11.5. The van der Waals surface area contributed by atoms with Gasteiger partial charge in [-0.1, -0.05) is 19.1 Å². The van der Waals surface area contributed by atoms with Crippen LogP contribution >= 0.6 is 0 Å². The molecule has 1 aromatic carbocycles. The van der Waals surface area contributed by atoms with Crippen molar-refractivity contribution in [3.05, 3.63) is 24.3 Å².